The van der Waals surface area contributed by atoms with Gasteiger partial charge < -0.3 is 5.32 Å². The monoisotopic (exact) mass is 223 g/mol. The summed E-state index contributed by atoms with van der Waals surface area (Å²) < 4.78 is 0. The molecule has 94 valence electrons. The third kappa shape index (κ3) is 4.69. The lowest BCUT2D eigenvalue weighted by molar-refractivity contribution is 0.213. The molecule has 2 unspecified atom stereocenters. The summed E-state index contributed by atoms with van der Waals surface area (Å²) in [4.78, 5) is 0. The van der Waals surface area contributed by atoms with Crippen molar-refractivity contribution in [1.29, 1.82) is 0 Å². The van der Waals surface area contributed by atoms with Gasteiger partial charge in [-0.3, -0.25) is 0 Å². The summed E-state index contributed by atoms with van der Waals surface area (Å²) in [5, 5.41) is 3.63. The van der Waals surface area contributed by atoms with Crippen LogP contribution in [0, 0.1) is 11.3 Å². The standard InChI is InChI=1S/C15H29N/c1-12(2)11-16-14-8-6-7-13(9-10-14)15(3,4)5/h13-14,16H,1,6-11H2,2-5H3. The highest BCUT2D eigenvalue weighted by molar-refractivity contribution is 4.92. The molecule has 0 heterocycles. The van der Waals surface area contributed by atoms with Crippen molar-refractivity contribution in [3.8, 4) is 0 Å². The highest BCUT2D eigenvalue weighted by Gasteiger charge is 2.27. The Morgan fingerprint density at radius 3 is 2.44 bits per heavy atom. The minimum absolute atomic E-state index is 0.489. The maximum Gasteiger partial charge on any atom is 0.0161 e. The van der Waals surface area contributed by atoms with Gasteiger partial charge in [-0.05, 0) is 43.9 Å². The lowest BCUT2D eigenvalue weighted by atomic mass is 9.76. The summed E-state index contributed by atoms with van der Waals surface area (Å²) in [5.41, 5.74) is 1.74. The molecule has 0 aromatic rings. The summed E-state index contributed by atoms with van der Waals surface area (Å²) in [6, 6.07) is 0.726. The summed E-state index contributed by atoms with van der Waals surface area (Å²) in [6.45, 7) is 14.2. The molecule has 1 heteroatoms. The topological polar surface area (TPSA) is 12.0 Å². The zero-order chi connectivity index (χ0) is 12.2. The van der Waals surface area contributed by atoms with E-state index in [9.17, 15) is 0 Å². The second kappa shape index (κ2) is 5.86. The molecule has 1 saturated carbocycles. The molecule has 2 atom stereocenters. The Kier molecular flexibility index (Phi) is 5.04. The van der Waals surface area contributed by atoms with Crippen LogP contribution in [-0.4, -0.2) is 12.6 Å². The van der Waals surface area contributed by atoms with Gasteiger partial charge in [-0.2, -0.15) is 0 Å². The first kappa shape index (κ1) is 13.8. The van der Waals surface area contributed by atoms with E-state index in [0.29, 0.717) is 5.41 Å². The van der Waals surface area contributed by atoms with Crippen LogP contribution in [0.4, 0.5) is 0 Å². The number of rotatable bonds is 3. The van der Waals surface area contributed by atoms with Gasteiger partial charge in [0, 0.05) is 12.6 Å². The van der Waals surface area contributed by atoms with Gasteiger partial charge in [0.2, 0.25) is 0 Å². The molecule has 1 N–H and O–H groups in total. The molecule has 1 rings (SSSR count). The molecule has 1 nitrogen and oxygen atoms in total. The van der Waals surface area contributed by atoms with Crippen LogP contribution in [0.15, 0.2) is 12.2 Å². The van der Waals surface area contributed by atoms with Crippen LogP contribution in [0.1, 0.15) is 59.8 Å². The smallest absolute Gasteiger partial charge is 0.0161 e. The van der Waals surface area contributed by atoms with Crippen molar-refractivity contribution in [1.82, 2.24) is 5.32 Å². The first-order valence-electron chi connectivity index (χ1n) is 6.77. The average molecular weight is 223 g/mol. The highest BCUT2D eigenvalue weighted by Crippen LogP contribution is 2.36. The quantitative estimate of drug-likeness (QED) is 0.560. The van der Waals surface area contributed by atoms with E-state index in [1.165, 1.54) is 37.7 Å². The fourth-order valence-corrected chi connectivity index (χ4v) is 2.69. The van der Waals surface area contributed by atoms with Crippen LogP contribution in [0.3, 0.4) is 0 Å². The Labute approximate surface area is 102 Å². The SMILES string of the molecule is C=C(C)CNC1CCCC(C(C)(C)C)CC1. The zero-order valence-corrected chi connectivity index (χ0v) is 11.6. The van der Waals surface area contributed by atoms with E-state index in [1.54, 1.807) is 0 Å². The van der Waals surface area contributed by atoms with E-state index in [-0.39, 0.29) is 0 Å². The lowest BCUT2D eigenvalue weighted by Gasteiger charge is -2.29. The summed E-state index contributed by atoms with van der Waals surface area (Å²) in [6.07, 6.45) is 6.87. The van der Waals surface area contributed by atoms with E-state index in [0.717, 1.165) is 18.5 Å². The third-order valence-electron chi connectivity index (χ3n) is 3.89. The molecular weight excluding hydrogens is 194 g/mol. The fourth-order valence-electron chi connectivity index (χ4n) is 2.69. The summed E-state index contributed by atoms with van der Waals surface area (Å²) >= 11 is 0. The van der Waals surface area contributed by atoms with Crippen molar-refractivity contribution >= 4 is 0 Å². The van der Waals surface area contributed by atoms with Crippen molar-refractivity contribution in [2.24, 2.45) is 11.3 Å². The lowest BCUT2D eigenvalue weighted by Crippen LogP contribution is -2.30. The molecule has 1 fully saturated rings. The molecule has 0 saturated heterocycles. The third-order valence-corrected chi connectivity index (χ3v) is 3.89. The number of hydrogen-bond donors (Lipinski definition) is 1. The molecule has 16 heavy (non-hydrogen) atoms. The van der Waals surface area contributed by atoms with Crippen LogP contribution in [0.25, 0.3) is 0 Å². The van der Waals surface area contributed by atoms with Crippen LogP contribution in [0.5, 0.6) is 0 Å². The van der Waals surface area contributed by atoms with Gasteiger partial charge in [0.25, 0.3) is 0 Å². The van der Waals surface area contributed by atoms with Crippen LogP contribution in [-0.2, 0) is 0 Å². The van der Waals surface area contributed by atoms with E-state index in [1.807, 2.05) is 0 Å². The Morgan fingerprint density at radius 2 is 1.88 bits per heavy atom. The first-order chi connectivity index (χ1) is 7.39. The van der Waals surface area contributed by atoms with Gasteiger partial charge in [0.05, 0.1) is 0 Å². The molecule has 0 aliphatic heterocycles. The highest BCUT2D eigenvalue weighted by atomic mass is 14.9. The van der Waals surface area contributed by atoms with Gasteiger partial charge in [-0.15, -0.1) is 0 Å². The molecule has 0 radical (unpaired) electrons. The predicted molar refractivity (Wildman–Crippen MR) is 72.6 cm³/mol. The van der Waals surface area contributed by atoms with Crippen molar-refractivity contribution < 1.29 is 0 Å². The van der Waals surface area contributed by atoms with E-state index < -0.39 is 0 Å². The molecule has 1 aliphatic carbocycles. The molecule has 0 aromatic carbocycles. The van der Waals surface area contributed by atoms with E-state index in [4.69, 9.17) is 0 Å². The maximum atomic E-state index is 3.95. The molecule has 0 aromatic heterocycles. The zero-order valence-electron chi connectivity index (χ0n) is 11.6. The minimum atomic E-state index is 0.489. The predicted octanol–water partition coefficient (Wildman–Crippen LogP) is 4.15. The summed E-state index contributed by atoms with van der Waals surface area (Å²) in [5.74, 6) is 0.907. The first-order valence-corrected chi connectivity index (χ1v) is 6.77. The number of nitrogens with one attached hydrogen (secondary N) is 1. The van der Waals surface area contributed by atoms with Crippen molar-refractivity contribution in [3.63, 3.8) is 0 Å². The van der Waals surface area contributed by atoms with Crippen LogP contribution < -0.4 is 5.32 Å². The molecule has 1 aliphatic rings. The Bertz CT molecular complexity index is 224. The second-order valence-electron chi connectivity index (χ2n) is 6.61. The van der Waals surface area contributed by atoms with E-state index >= 15 is 0 Å². The fraction of sp³-hybridized carbons (Fsp3) is 0.867. The largest absolute Gasteiger partial charge is 0.310 e. The van der Waals surface area contributed by atoms with Gasteiger partial charge in [0.15, 0.2) is 0 Å². The molecule has 0 bridgehead atoms. The van der Waals surface area contributed by atoms with Crippen LogP contribution >= 0.6 is 0 Å². The maximum absolute atomic E-state index is 3.95. The van der Waals surface area contributed by atoms with E-state index in [2.05, 4.69) is 39.6 Å². The Hall–Kier alpha value is -0.300. The Balaban J connectivity index is 2.37. The normalized spacial score (nSPS) is 27.5. The average Bonchev–Trinajstić information content (AvgIpc) is 2.38. The molecule has 0 amide bonds. The van der Waals surface area contributed by atoms with Gasteiger partial charge >= 0.3 is 0 Å². The van der Waals surface area contributed by atoms with Gasteiger partial charge in [-0.25, -0.2) is 0 Å². The second-order valence-corrected chi connectivity index (χ2v) is 6.61. The molecular formula is C15H29N. The number of hydrogen-bond acceptors (Lipinski definition) is 1. The minimum Gasteiger partial charge on any atom is -0.310 e. The van der Waals surface area contributed by atoms with Crippen molar-refractivity contribution in [2.75, 3.05) is 6.54 Å². The summed E-state index contributed by atoms with van der Waals surface area (Å²) in [7, 11) is 0. The Morgan fingerprint density at radius 1 is 1.19 bits per heavy atom. The van der Waals surface area contributed by atoms with Gasteiger partial charge in [0.1, 0.15) is 0 Å². The van der Waals surface area contributed by atoms with Crippen molar-refractivity contribution in [2.45, 2.75) is 65.8 Å². The van der Waals surface area contributed by atoms with Crippen LogP contribution in [0.2, 0.25) is 0 Å². The molecule has 0 spiro atoms. The van der Waals surface area contributed by atoms with Crippen molar-refractivity contribution in [3.05, 3.63) is 12.2 Å². The van der Waals surface area contributed by atoms with Gasteiger partial charge in [-0.1, -0.05) is 39.3 Å².